The highest BCUT2D eigenvalue weighted by atomic mass is 35.5. The highest BCUT2D eigenvalue weighted by molar-refractivity contribution is 6.30. The molecule has 1 aliphatic heterocycles. The smallest absolute Gasteiger partial charge is 0.227 e. The number of rotatable bonds is 4. The molecule has 0 spiro atoms. The molecule has 0 aromatic heterocycles. The summed E-state index contributed by atoms with van der Waals surface area (Å²) in [6.07, 6.45) is 1.63. The summed E-state index contributed by atoms with van der Waals surface area (Å²) in [5.74, 6) is -0.382. The van der Waals surface area contributed by atoms with Crippen molar-refractivity contribution in [3.63, 3.8) is 0 Å². The van der Waals surface area contributed by atoms with Crippen LogP contribution in [0.3, 0.4) is 0 Å². The Morgan fingerprint density at radius 3 is 2.54 bits per heavy atom. The van der Waals surface area contributed by atoms with E-state index in [1.165, 1.54) is 17.7 Å². The number of benzene rings is 2. The molecule has 1 heterocycles. The van der Waals surface area contributed by atoms with Gasteiger partial charge in [0.2, 0.25) is 5.91 Å². The van der Waals surface area contributed by atoms with Gasteiger partial charge in [0.05, 0.1) is 0 Å². The first-order chi connectivity index (χ1) is 11.6. The number of hydrogen-bond acceptors (Lipinski definition) is 2. The highest BCUT2D eigenvalue weighted by Gasteiger charge is 2.25. The van der Waals surface area contributed by atoms with Crippen molar-refractivity contribution in [1.29, 1.82) is 0 Å². The summed E-state index contributed by atoms with van der Waals surface area (Å²) in [7, 11) is 0. The topological polar surface area (TPSA) is 32.3 Å². The third-order valence-corrected chi connectivity index (χ3v) is 4.62. The SMILES string of the molecule is O=C(Nc1cccc(F)c1)C1CCN(Cc2ccc(Cl)cc2)CC1. The van der Waals surface area contributed by atoms with E-state index in [4.69, 9.17) is 11.6 Å². The molecular weight excluding hydrogens is 327 g/mol. The third-order valence-electron chi connectivity index (χ3n) is 4.37. The zero-order valence-electron chi connectivity index (χ0n) is 13.3. The average Bonchev–Trinajstić information content (AvgIpc) is 2.57. The number of anilines is 1. The maximum Gasteiger partial charge on any atom is 0.227 e. The van der Waals surface area contributed by atoms with E-state index < -0.39 is 0 Å². The van der Waals surface area contributed by atoms with Crippen LogP contribution in [0.15, 0.2) is 48.5 Å². The Bertz CT molecular complexity index is 697. The highest BCUT2D eigenvalue weighted by Crippen LogP contribution is 2.21. The number of piperidine rings is 1. The first-order valence-corrected chi connectivity index (χ1v) is 8.51. The molecule has 24 heavy (non-hydrogen) atoms. The lowest BCUT2D eigenvalue weighted by Crippen LogP contribution is -2.37. The minimum atomic E-state index is -0.342. The van der Waals surface area contributed by atoms with Gasteiger partial charge >= 0.3 is 0 Å². The van der Waals surface area contributed by atoms with Crippen LogP contribution in [0.4, 0.5) is 10.1 Å². The lowest BCUT2D eigenvalue weighted by molar-refractivity contribution is -0.121. The van der Waals surface area contributed by atoms with Gasteiger partial charge in [-0.05, 0) is 61.8 Å². The molecule has 126 valence electrons. The minimum absolute atomic E-state index is 0.0188. The summed E-state index contributed by atoms with van der Waals surface area (Å²) < 4.78 is 13.2. The second-order valence-corrected chi connectivity index (χ2v) is 6.61. The fraction of sp³-hybridized carbons (Fsp3) is 0.316. The van der Waals surface area contributed by atoms with Gasteiger partial charge in [-0.15, -0.1) is 0 Å². The molecule has 5 heteroatoms. The lowest BCUT2D eigenvalue weighted by atomic mass is 9.95. The zero-order chi connectivity index (χ0) is 16.9. The van der Waals surface area contributed by atoms with Crippen molar-refractivity contribution in [2.45, 2.75) is 19.4 Å². The van der Waals surface area contributed by atoms with Crippen LogP contribution in [-0.2, 0) is 11.3 Å². The van der Waals surface area contributed by atoms with Crippen molar-refractivity contribution in [1.82, 2.24) is 4.90 Å². The monoisotopic (exact) mass is 346 g/mol. The maximum atomic E-state index is 13.2. The lowest BCUT2D eigenvalue weighted by Gasteiger charge is -2.31. The fourth-order valence-electron chi connectivity index (χ4n) is 3.01. The number of halogens is 2. The molecule has 0 atom stereocenters. The van der Waals surface area contributed by atoms with Crippen LogP contribution in [0.2, 0.25) is 5.02 Å². The van der Waals surface area contributed by atoms with Crippen LogP contribution in [0.25, 0.3) is 0 Å². The van der Waals surface area contributed by atoms with Crippen molar-refractivity contribution in [2.75, 3.05) is 18.4 Å². The van der Waals surface area contributed by atoms with Crippen LogP contribution in [0.5, 0.6) is 0 Å². The molecule has 1 fully saturated rings. The Morgan fingerprint density at radius 1 is 1.17 bits per heavy atom. The second-order valence-electron chi connectivity index (χ2n) is 6.18. The van der Waals surface area contributed by atoms with Crippen LogP contribution in [0.1, 0.15) is 18.4 Å². The van der Waals surface area contributed by atoms with E-state index in [0.717, 1.165) is 37.5 Å². The number of nitrogens with zero attached hydrogens (tertiary/aromatic N) is 1. The number of likely N-dealkylation sites (tertiary alicyclic amines) is 1. The maximum absolute atomic E-state index is 13.2. The molecule has 0 saturated carbocycles. The average molecular weight is 347 g/mol. The molecule has 0 bridgehead atoms. The molecule has 1 amide bonds. The largest absolute Gasteiger partial charge is 0.326 e. The molecule has 0 aliphatic carbocycles. The molecule has 3 rings (SSSR count). The number of hydrogen-bond donors (Lipinski definition) is 1. The molecule has 1 saturated heterocycles. The van der Waals surface area contributed by atoms with Crippen molar-refractivity contribution in [3.05, 3.63) is 64.9 Å². The van der Waals surface area contributed by atoms with Crippen molar-refractivity contribution in [2.24, 2.45) is 5.92 Å². The predicted molar refractivity (Wildman–Crippen MR) is 94.5 cm³/mol. The number of carbonyl (C=O) groups is 1. The van der Waals surface area contributed by atoms with Crippen LogP contribution < -0.4 is 5.32 Å². The molecule has 3 nitrogen and oxygen atoms in total. The molecule has 2 aromatic carbocycles. The van der Waals surface area contributed by atoms with E-state index in [1.807, 2.05) is 24.3 Å². The van der Waals surface area contributed by atoms with Gasteiger partial charge in [0.1, 0.15) is 5.82 Å². The van der Waals surface area contributed by atoms with Crippen molar-refractivity contribution in [3.8, 4) is 0 Å². The normalized spacial score (nSPS) is 16.1. The van der Waals surface area contributed by atoms with Gasteiger partial charge in [0.25, 0.3) is 0 Å². The van der Waals surface area contributed by atoms with E-state index >= 15 is 0 Å². The van der Waals surface area contributed by atoms with Gasteiger partial charge in [0, 0.05) is 23.2 Å². The molecule has 1 aliphatic rings. The molecule has 0 radical (unpaired) electrons. The summed E-state index contributed by atoms with van der Waals surface area (Å²) in [6, 6.07) is 13.9. The number of carbonyl (C=O) groups excluding carboxylic acids is 1. The quantitative estimate of drug-likeness (QED) is 0.893. The summed E-state index contributed by atoms with van der Waals surface area (Å²) in [4.78, 5) is 14.7. The molecular formula is C19H20ClFN2O. The van der Waals surface area contributed by atoms with Crippen molar-refractivity contribution < 1.29 is 9.18 Å². The first-order valence-electron chi connectivity index (χ1n) is 8.13. The Hall–Kier alpha value is -1.91. The van der Waals surface area contributed by atoms with E-state index in [2.05, 4.69) is 10.2 Å². The van der Waals surface area contributed by atoms with Gasteiger partial charge in [-0.25, -0.2) is 4.39 Å². The predicted octanol–water partition coefficient (Wildman–Crippen LogP) is 4.33. The second kappa shape index (κ2) is 7.77. The van der Waals surface area contributed by atoms with Crippen LogP contribution in [-0.4, -0.2) is 23.9 Å². The van der Waals surface area contributed by atoms with Gasteiger partial charge in [0.15, 0.2) is 0 Å². The summed E-state index contributed by atoms with van der Waals surface area (Å²) >= 11 is 5.90. The Morgan fingerprint density at radius 2 is 1.88 bits per heavy atom. The molecule has 2 aromatic rings. The van der Waals surface area contributed by atoms with E-state index in [1.54, 1.807) is 12.1 Å². The van der Waals surface area contributed by atoms with Gasteiger partial charge in [-0.1, -0.05) is 29.8 Å². The van der Waals surface area contributed by atoms with E-state index in [9.17, 15) is 9.18 Å². The van der Waals surface area contributed by atoms with Gasteiger partial charge in [-0.2, -0.15) is 0 Å². The minimum Gasteiger partial charge on any atom is -0.326 e. The van der Waals surface area contributed by atoms with Crippen LogP contribution >= 0.6 is 11.6 Å². The van der Waals surface area contributed by atoms with E-state index in [-0.39, 0.29) is 17.6 Å². The summed E-state index contributed by atoms with van der Waals surface area (Å²) in [6.45, 7) is 2.63. The first kappa shape index (κ1) is 16.9. The Balaban J connectivity index is 1.49. The third kappa shape index (κ3) is 4.56. The number of amides is 1. The zero-order valence-corrected chi connectivity index (χ0v) is 14.1. The standard InChI is InChI=1S/C19H20ClFN2O/c20-16-6-4-14(5-7-16)13-23-10-8-15(9-11-23)19(24)22-18-3-1-2-17(21)12-18/h1-7,12,15H,8-11,13H2,(H,22,24). The van der Waals surface area contributed by atoms with Crippen molar-refractivity contribution >= 4 is 23.2 Å². The Kier molecular flexibility index (Phi) is 5.48. The Labute approximate surface area is 146 Å². The summed E-state index contributed by atoms with van der Waals surface area (Å²) in [5, 5.41) is 3.55. The van der Waals surface area contributed by atoms with Crippen LogP contribution in [0, 0.1) is 11.7 Å². The number of nitrogens with one attached hydrogen (secondary N) is 1. The molecule has 1 N–H and O–H groups in total. The fourth-order valence-corrected chi connectivity index (χ4v) is 3.14. The molecule has 0 unspecified atom stereocenters. The van der Waals surface area contributed by atoms with E-state index in [0.29, 0.717) is 5.69 Å². The summed E-state index contributed by atoms with van der Waals surface area (Å²) in [5.41, 5.74) is 1.74. The van der Waals surface area contributed by atoms with Gasteiger partial charge < -0.3 is 5.32 Å². The van der Waals surface area contributed by atoms with Gasteiger partial charge in [-0.3, -0.25) is 9.69 Å².